The number of nitrogen functional groups attached to an aromatic ring is 1. The van der Waals surface area contributed by atoms with Crippen LogP contribution >= 0.6 is 0 Å². The zero-order chi connectivity index (χ0) is 15.1. The molecule has 2 unspecified atom stereocenters. The molecule has 3 N–H and O–H groups in total. The van der Waals surface area contributed by atoms with Crippen LogP contribution in [0.1, 0.15) is 45.4 Å². The van der Waals surface area contributed by atoms with Gasteiger partial charge in [-0.1, -0.05) is 32.3 Å². The van der Waals surface area contributed by atoms with E-state index in [0.29, 0.717) is 30.7 Å². The van der Waals surface area contributed by atoms with E-state index in [0.717, 1.165) is 12.1 Å². The molecule has 116 valence electrons. The molecular formula is C17H26N2O2. The van der Waals surface area contributed by atoms with Crippen molar-refractivity contribution >= 4 is 17.3 Å². The first-order valence-corrected chi connectivity index (χ1v) is 7.96. The van der Waals surface area contributed by atoms with Gasteiger partial charge in [0, 0.05) is 11.4 Å². The third kappa shape index (κ3) is 5.05. The summed E-state index contributed by atoms with van der Waals surface area (Å²) >= 11 is 0. The zero-order valence-electron chi connectivity index (χ0n) is 12.8. The minimum absolute atomic E-state index is 0.0237. The number of nitrogens with one attached hydrogen (secondary N) is 1. The van der Waals surface area contributed by atoms with Crippen LogP contribution < -0.4 is 11.1 Å². The van der Waals surface area contributed by atoms with Crippen LogP contribution in [0.15, 0.2) is 24.3 Å². The van der Waals surface area contributed by atoms with Gasteiger partial charge in [-0.15, -0.1) is 0 Å². The molecule has 4 nitrogen and oxygen atoms in total. The van der Waals surface area contributed by atoms with Crippen molar-refractivity contribution in [1.29, 1.82) is 0 Å². The number of anilines is 2. The van der Waals surface area contributed by atoms with Gasteiger partial charge in [0.05, 0.1) is 19.1 Å². The Hall–Kier alpha value is -1.55. The Bertz CT molecular complexity index is 462. The fourth-order valence-corrected chi connectivity index (χ4v) is 3.00. The average molecular weight is 290 g/mol. The van der Waals surface area contributed by atoms with Crippen LogP contribution in [0.3, 0.4) is 0 Å². The first-order valence-electron chi connectivity index (χ1n) is 7.96. The number of nitrogens with two attached hydrogens (primary N) is 1. The Kier molecular flexibility index (Phi) is 6.05. The summed E-state index contributed by atoms with van der Waals surface area (Å²) in [7, 11) is 0. The molecule has 1 aliphatic rings. The van der Waals surface area contributed by atoms with Gasteiger partial charge >= 0.3 is 0 Å². The second-order valence-corrected chi connectivity index (χ2v) is 5.79. The molecule has 21 heavy (non-hydrogen) atoms. The smallest absolute Gasteiger partial charge is 0.226 e. The van der Waals surface area contributed by atoms with Crippen molar-refractivity contribution in [3.05, 3.63) is 24.3 Å². The van der Waals surface area contributed by atoms with Crippen molar-refractivity contribution in [3.63, 3.8) is 0 Å². The Morgan fingerprint density at radius 1 is 1.38 bits per heavy atom. The molecule has 0 spiro atoms. The number of amides is 1. The molecule has 1 saturated carbocycles. The normalized spacial score (nSPS) is 22.0. The topological polar surface area (TPSA) is 64.3 Å². The summed E-state index contributed by atoms with van der Waals surface area (Å²) in [6.45, 7) is 2.72. The molecule has 0 heterocycles. The number of ether oxygens (including phenoxy) is 1. The third-order valence-electron chi connectivity index (χ3n) is 4.20. The first kappa shape index (κ1) is 15.8. The minimum atomic E-state index is -0.0237. The Labute approximate surface area is 127 Å². The molecule has 2 atom stereocenters. The molecule has 1 aromatic rings. The zero-order valence-corrected chi connectivity index (χ0v) is 12.8. The van der Waals surface area contributed by atoms with Gasteiger partial charge in [0.1, 0.15) is 0 Å². The molecule has 1 aliphatic carbocycles. The standard InChI is InChI=1S/C17H26N2O2/c1-2-13-6-3-4-9-16(13)21-11-10-17(20)19-15-8-5-7-14(18)12-15/h5,7-8,12-13,16H,2-4,6,9-11,18H2,1H3,(H,19,20). The lowest BCUT2D eigenvalue weighted by atomic mass is 9.85. The van der Waals surface area contributed by atoms with Crippen LogP contribution in [0.2, 0.25) is 0 Å². The quantitative estimate of drug-likeness (QED) is 0.787. The number of hydrogen-bond donors (Lipinski definition) is 2. The van der Waals surface area contributed by atoms with Gasteiger partial charge in [-0.2, -0.15) is 0 Å². The van der Waals surface area contributed by atoms with Gasteiger partial charge in [-0.25, -0.2) is 0 Å². The lowest BCUT2D eigenvalue weighted by Gasteiger charge is -2.30. The highest BCUT2D eigenvalue weighted by Crippen LogP contribution is 2.29. The summed E-state index contributed by atoms with van der Waals surface area (Å²) in [5.74, 6) is 0.639. The number of hydrogen-bond acceptors (Lipinski definition) is 3. The highest BCUT2D eigenvalue weighted by atomic mass is 16.5. The molecule has 0 aliphatic heterocycles. The molecule has 0 saturated heterocycles. The van der Waals surface area contributed by atoms with Gasteiger partial charge in [0.2, 0.25) is 5.91 Å². The lowest BCUT2D eigenvalue weighted by molar-refractivity contribution is -0.118. The Morgan fingerprint density at radius 3 is 2.95 bits per heavy atom. The van der Waals surface area contributed by atoms with E-state index in [4.69, 9.17) is 10.5 Å². The molecular weight excluding hydrogens is 264 g/mol. The maximum absolute atomic E-state index is 11.9. The molecule has 1 amide bonds. The van der Waals surface area contributed by atoms with Gasteiger partial charge in [-0.3, -0.25) is 4.79 Å². The van der Waals surface area contributed by atoms with E-state index in [-0.39, 0.29) is 5.91 Å². The van der Waals surface area contributed by atoms with Crippen LogP contribution in [0, 0.1) is 5.92 Å². The maximum Gasteiger partial charge on any atom is 0.226 e. The molecule has 0 aromatic heterocycles. The van der Waals surface area contributed by atoms with E-state index in [1.54, 1.807) is 12.1 Å². The van der Waals surface area contributed by atoms with Crippen molar-refractivity contribution in [1.82, 2.24) is 0 Å². The summed E-state index contributed by atoms with van der Waals surface area (Å²) in [6, 6.07) is 7.22. The largest absolute Gasteiger partial charge is 0.399 e. The van der Waals surface area contributed by atoms with Crippen molar-refractivity contribution in [2.24, 2.45) is 5.92 Å². The summed E-state index contributed by atoms with van der Waals surface area (Å²) in [5, 5.41) is 2.85. The van der Waals surface area contributed by atoms with Crippen LogP contribution in [0.5, 0.6) is 0 Å². The monoisotopic (exact) mass is 290 g/mol. The maximum atomic E-state index is 11.9. The van der Waals surface area contributed by atoms with E-state index in [2.05, 4.69) is 12.2 Å². The number of rotatable bonds is 6. The molecule has 0 bridgehead atoms. The Balaban J connectivity index is 1.71. The molecule has 1 aromatic carbocycles. The first-order chi connectivity index (χ1) is 10.2. The van der Waals surface area contributed by atoms with E-state index < -0.39 is 0 Å². The number of carbonyl (C=O) groups is 1. The van der Waals surface area contributed by atoms with Crippen molar-refractivity contribution in [2.75, 3.05) is 17.7 Å². The lowest BCUT2D eigenvalue weighted by Crippen LogP contribution is -2.28. The Morgan fingerprint density at radius 2 is 2.19 bits per heavy atom. The highest BCUT2D eigenvalue weighted by Gasteiger charge is 2.24. The summed E-state index contributed by atoms with van der Waals surface area (Å²) in [5.41, 5.74) is 7.08. The fraction of sp³-hybridized carbons (Fsp3) is 0.588. The molecule has 1 fully saturated rings. The van der Waals surface area contributed by atoms with E-state index in [9.17, 15) is 4.79 Å². The molecule has 4 heteroatoms. The van der Waals surface area contributed by atoms with Crippen LogP contribution in [-0.4, -0.2) is 18.6 Å². The number of benzene rings is 1. The third-order valence-corrected chi connectivity index (χ3v) is 4.20. The summed E-state index contributed by atoms with van der Waals surface area (Å²) < 4.78 is 5.93. The van der Waals surface area contributed by atoms with Crippen LogP contribution in [0.4, 0.5) is 11.4 Å². The minimum Gasteiger partial charge on any atom is -0.399 e. The second kappa shape index (κ2) is 8.03. The molecule has 0 radical (unpaired) electrons. The predicted molar refractivity (Wildman–Crippen MR) is 86.1 cm³/mol. The second-order valence-electron chi connectivity index (χ2n) is 5.79. The highest BCUT2D eigenvalue weighted by molar-refractivity contribution is 5.91. The fourth-order valence-electron chi connectivity index (χ4n) is 3.00. The van der Waals surface area contributed by atoms with Gasteiger partial charge in [0.15, 0.2) is 0 Å². The van der Waals surface area contributed by atoms with Gasteiger partial charge in [0.25, 0.3) is 0 Å². The van der Waals surface area contributed by atoms with E-state index >= 15 is 0 Å². The van der Waals surface area contributed by atoms with E-state index in [1.165, 1.54) is 25.7 Å². The van der Waals surface area contributed by atoms with Crippen molar-refractivity contribution in [2.45, 2.75) is 51.6 Å². The van der Waals surface area contributed by atoms with Crippen molar-refractivity contribution in [3.8, 4) is 0 Å². The predicted octanol–water partition coefficient (Wildman–Crippen LogP) is 3.58. The van der Waals surface area contributed by atoms with Crippen LogP contribution in [0.25, 0.3) is 0 Å². The van der Waals surface area contributed by atoms with Gasteiger partial charge in [-0.05, 0) is 37.0 Å². The molecule has 2 rings (SSSR count). The van der Waals surface area contributed by atoms with Gasteiger partial charge < -0.3 is 15.8 Å². The SMILES string of the molecule is CCC1CCCCC1OCCC(=O)Nc1cccc(N)c1. The number of carbonyl (C=O) groups excluding carboxylic acids is 1. The van der Waals surface area contributed by atoms with Crippen LogP contribution in [-0.2, 0) is 9.53 Å². The van der Waals surface area contributed by atoms with E-state index in [1.807, 2.05) is 12.1 Å². The average Bonchev–Trinajstić information content (AvgIpc) is 2.47. The summed E-state index contributed by atoms with van der Waals surface area (Å²) in [6.07, 6.45) is 6.85. The summed E-state index contributed by atoms with van der Waals surface area (Å²) in [4.78, 5) is 11.9. The van der Waals surface area contributed by atoms with Crippen molar-refractivity contribution < 1.29 is 9.53 Å².